The molecular weight excluding hydrogens is 316 g/mol. The van der Waals surface area contributed by atoms with Crippen molar-refractivity contribution < 1.29 is 19.8 Å². The van der Waals surface area contributed by atoms with Crippen LogP contribution in [0.5, 0.6) is 0 Å². The van der Waals surface area contributed by atoms with Crippen LogP contribution in [-0.4, -0.2) is 59.3 Å². The lowest BCUT2D eigenvalue weighted by atomic mass is 10.1. The van der Waals surface area contributed by atoms with Crippen molar-refractivity contribution in [1.82, 2.24) is 10.6 Å². The van der Waals surface area contributed by atoms with Gasteiger partial charge < -0.3 is 20.8 Å². The molecule has 23 heavy (non-hydrogen) atoms. The van der Waals surface area contributed by atoms with E-state index in [1.807, 2.05) is 36.6 Å². The second-order valence-electron chi connectivity index (χ2n) is 5.16. The SMILES string of the molecule is CSCC[C@H](NCCN[C@H](Cc1ccccc1)C(=O)O)C(=O)O. The number of carboxylic acid groups (broad SMARTS) is 2. The molecule has 0 amide bonds. The average molecular weight is 340 g/mol. The molecule has 0 aliphatic carbocycles. The molecule has 0 aliphatic heterocycles. The number of rotatable bonds is 12. The number of aliphatic carboxylic acids is 2. The van der Waals surface area contributed by atoms with Crippen molar-refractivity contribution >= 4 is 23.7 Å². The van der Waals surface area contributed by atoms with Gasteiger partial charge in [0.2, 0.25) is 0 Å². The highest BCUT2D eigenvalue weighted by Gasteiger charge is 2.18. The largest absolute Gasteiger partial charge is 0.480 e. The Labute approximate surface area is 140 Å². The molecule has 1 aromatic carbocycles. The Bertz CT molecular complexity index is 484. The standard InChI is InChI=1S/C16H24N2O4S/c1-23-10-7-13(15(19)20)17-8-9-18-14(16(21)22)11-12-5-3-2-4-6-12/h2-6,13-14,17-18H,7-11H2,1H3,(H,19,20)(H,21,22)/t13-,14+/m0/s1. The van der Waals surface area contributed by atoms with Gasteiger partial charge >= 0.3 is 11.9 Å². The van der Waals surface area contributed by atoms with Crippen LogP contribution in [-0.2, 0) is 16.0 Å². The molecule has 0 saturated heterocycles. The minimum absolute atomic E-state index is 0.394. The normalized spacial score (nSPS) is 13.4. The molecule has 2 atom stereocenters. The van der Waals surface area contributed by atoms with Crippen molar-refractivity contribution in [3.05, 3.63) is 35.9 Å². The summed E-state index contributed by atoms with van der Waals surface area (Å²) in [6.45, 7) is 0.802. The molecule has 0 radical (unpaired) electrons. The summed E-state index contributed by atoms with van der Waals surface area (Å²) in [4.78, 5) is 22.4. The quantitative estimate of drug-likeness (QED) is 0.422. The number of hydrogen-bond donors (Lipinski definition) is 4. The van der Waals surface area contributed by atoms with Crippen molar-refractivity contribution in [3.63, 3.8) is 0 Å². The fourth-order valence-corrected chi connectivity index (χ4v) is 2.61. The summed E-state index contributed by atoms with van der Waals surface area (Å²) in [5.74, 6) is -1.02. The Morgan fingerprint density at radius 2 is 1.61 bits per heavy atom. The molecule has 0 saturated carbocycles. The summed E-state index contributed by atoms with van der Waals surface area (Å²) in [7, 11) is 0. The fraction of sp³-hybridized carbons (Fsp3) is 0.500. The Balaban J connectivity index is 2.38. The average Bonchev–Trinajstić information content (AvgIpc) is 2.53. The van der Waals surface area contributed by atoms with E-state index in [-0.39, 0.29) is 0 Å². The highest BCUT2D eigenvalue weighted by molar-refractivity contribution is 7.98. The van der Waals surface area contributed by atoms with Crippen LogP contribution in [0.15, 0.2) is 30.3 Å². The van der Waals surface area contributed by atoms with Crippen molar-refractivity contribution in [2.75, 3.05) is 25.1 Å². The van der Waals surface area contributed by atoms with Crippen molar-refractivity contribution in [3.8, 4) is 0 Å². The summed E-state index contributed by atoms with van der Waals surface area (Å²) in [5, 5.41) is 24.3. The van der Waals surface area contributed by atoms with E-state index in [0.29, 0.717) is 25.9 Å². The maximum absolute atomic E-state index is 11.3. The number of hydrogen-bond acceptors (Lipinski definition) is 5. The third-order valence-electron chi connectivity index (χ3n) is 3.40. The minimum atomic E-state index is -0.911. The third-order valence-corrected chi connectivity index (χ3v) is 4.04. The van der Waals surface area contributed by atoms with Gasteiger partial charge in [-0.15, -0.1) is 0 Å². The Hall–Kier alpha value is -1.57. The van der Waals surface area contributed by atoms with Crippen LogP contribution in [0.1, 0.15) is 12.0 Å². The molecule has 4 N–H and O–H groups in total. The van der Waals surface area contributed by atoms with E-state index in [1.165, 1.54) is 0 Å². The number of benzene rings is 1. The van der Waals surface area contributed by atoms with E-state index in [2.05, 4.69) is 10.6 Å². The van der Waals surface area contributed by atoms with Crippen LogP contribution in [0.25, 0.3) is 0 Å². The zero-order chi connectivity index (χ0) is 17.1. The Kier molecular flexibility index (Phi) is 9.35. The molecule has 128 valence electrons. The summed E-state index contributed by atoms with van der Waals surface area (Å²) in [5.41, 5.74) is 0.948. The van der Waals surface area contributed by atoms with E-state index < -0.39 is 24.0 Å². The van der Waals surface area contributed by atoms with Crippen LogP contribution in [0, 0.1) is 0 Å². The zero-order valence-corrected chi connectivity index (χ0v) is 14.0. The molecule has 0 bridgehead atoms. The van der Waals surface area contributed by atoms with Gasteiger partial charge in [0.05, 0.1) is 0 Å². The monoisotopic (exact) mass is 340 g/mol. The molecule has 1 rings (SSSR count). The molecule has 7 heteroatoms. The Morgan fingerprint density at radius 1 is 1.04 bits per heavy atom. The number of carbonyl (C=O) groups is 2. The number of nitrogens with one attached hydrogen (secondary N) is 2. The van der Waals surface area contributed by atoms with Crippen LogP contribution >= 0.6 is 11.8 Å². The maximum atomic E-state index is 11.3. The molecule has 1 aromatic rings. The third kappa shape index (κ3) is 8.01. The van der Waals surface area contributed by atoms with Gasteiger partial charge in [0.25, 0.3) is 0 Å². The fourth-order valence-electron chi connectivity index (χ4n) is 2.14. The smallest absolute Gasteiger partial charge is 0.321 e. The van der Waals surface area contributed by atoms with Gasteiger partial charge in [-0.2, -0.15) is 11.8 Å². The first-order valence-corrected chi connectivity index (χ1v) is 8.89. The number of thioether (sulfide) groups is 1. The van der Waals surface area contributed by atoms with Crippen LogP contribution < -0.4 is 10.6 Å². The number of carboxylic acids is 2. The second kappa shape index (κ2) is 11.0. The molecule has 0 aromatic heterocycles. The molecule has 0 aliphatic rings. The van der Waals surface area contributed by atoms with Gasteiger partial charge in [0.1, 0.15) is 12.1 Å². The lowest BCUT2D eigenvalue weighted by molar-refractivity contribution is -0.140. The molecule has 0 heterocycles. The topological polar surface area (TPSA) is 98.7 Å². The van der Waals surface area contributed by atoms with E-state index in [0.717, 1.165) is 11.3 Å². The summed E-state index contributed by atoms with van der Waals surface area (Å²) < 4.78 is 0. The van der Waals surface area contributed by atoms with Crippen molar-refractivity contribution in [1.29, 1.82) is 0 Å². The molecule has 0 fully saturated rings. The summed E-state index contributed by atoms with van der Waals surface area (Å²) in [6.07, 6.45) is 2.87. The van der Waals surface area contributed by atoms with E-state index in [1.54, 1.807) is 11.8 Å². The maximum Gasteiger partial charge on any atom is 0.321 e. The van der Waals surface area contributed by atoms with Crippen LogP contribution in [0.2, 0.25) is 0 Å². The molecule has 0 unspecified atom stereocenters. The lowest BCUT2D eigenvalue weighted by Crippen LogP contribution is -2.45. The van der Waals surface area contributed by atoms with Gasteiger partial charge in [0, 0.05) is 13.1 Å². The van der Waals surface area contributed by atoms with Gasteiger partial charge in [-0.3, -0.25) is 9.59 Å². The van der Waals surface area contributed by atoms with Gasteiger partial charge in [-0.05, 0) is 30.4 Å². The van der Waals surface area contributed by atoms with Gasteiger partial charge in [-0.1, -0.05) is 30.3 Å². The predicted octanol–water partition coefficient (Wildman–Crippen LogP) is 1.07. The second-order valence-corrected chi connectivity index (χ2v) is 6.15. The van der Waals surface area contributed by atoms with Gasteiger partial charge in [0.15, 0.2) is 0 Å². The van der Waals surface area contributed by atoms with E-state index >= 15 is 0 Å². The molecule has 6 nitrogen and oxygen atoms in total. The highest BCUT2D eigenvalue weighted by Crippen LogP contribution is 2.03. The van der Waals surface area contributed by atoms with Crippen LogP contribution in [0.4, 0.5) is 0 Å². The van der Waals surface area contributed by atoms with E-state index in [9.17, 15) is 14.7 Å². The zero-order valence-electron chi connectivity index (χ0n) is 13.2. The molecule has 0 spiro atoms. The van der Waals surface area contributed by atoms with Crippen LogP contribution in [0.3, 0.4) is 0 Å². The first-order chi connectivity index (χ1) is 11.0. The minimum Gasteiger partial charge on any atom is -0.480 e. The van der Waals surface area contributed by atoms with Crippen molar-refractivity contribution in [2.24, 2.45) is 0 Å². The van der Waals surface area contributed by atoms with Crippen molar-refractivity contribution in [2.45, 2.75) is 24.9 Å². The first kappa shape index (κ1) is 19.5. The Morgan fingerprint density at radius 3 is 2.13 bits per heavy atom. The van der Waals surface area contributed by atoms with Gasteiger partial charge in [-0.25, -0.2) is 0 Å². The highest BCUT2D eigenvalue weighted by atomic mass is 32.2. The lowest BCUT2D eigenvalue weighted by Gasteiger charge is -2.17. The first-order valence-electron chi connectivity index (χ1n) is 7.49. The van der Waals surface area contributed by atoms with E-state index in [4.69, 9.17) is 5.11 Å². The molecular formula is C16H24N2O4S. The summed E-state index contributed by atoms with van der Waals surface area (Å²) >= 11 is 1.60. The summed E-state index contributed by atoms with van der Waals surface area (Å²) in [6, 6.07) is 8.13. The predicted molar refractivity (Wildman–Crippen MR) is 92.0 cm³/mol.